The van der Waals surface area contributed by atoms with Crippen molar-refractivity contribution in [2.45, 2.75) is 25.7 Å². The molecule has 1 aromatic rings. The topological polar surface area (TPSA) is 95.5 Å². The van der Waals surface area contributed by atoms with Crippen LogP contribution < -0.4 is 10.9 Å². The molecule has 0 spiro atoms. The quantitative estimate of drug-likeness (QED) is 0.519. The van der Waals surface area contributed by atoms with Crippen LogP contribution in [0, 0.1) is 15.4 Å². The van der Waals surface area contributed by atoms with Gasteiger partial charge in [0.2, 0.25) is 5.91 Å². The highest BCUT2D eigenvalue weighted by Gasteiger charge is 2.35. The van der Waals surface area contributed by atoms with Crippen molar-refractivity contribution in [3.05, 3.63) is 33.4 Å². The van der Waals surface area contributed by atoms with Gasteiger partial charge in [0.25, 0.3) is 5.91 Å². The Bertz CT molecular complexity index is 591. The van der Waals surface area contributed by atoms with E-state index in [0.29, 0.717) is 18.4 Å². The summed E-state index contributed by atoms with van der Waals surface area (Å²) in [5.41, 5.74) is 5.18. The molecule has 1 aromatic carbocycles. The third kappa shape index (κ3) is 3.96. The minimum Gasteiger partial charge on any atom is -0.481 e. The molecule has 0 aliphatic heterocycles. The van der Waals surface area contributed by atoms with Crippen LogP contribution in [0.2, 0.25) is 0 Å². The van der Waals surface area contributed by atoms with Crippen molar-refractivity contribution >= 4 is 40.4 Å². The predicted octanol–water partition coefficient (Wildman–Crippen LogP) is 1.94. The molecule has 118 valence electrons. The number of carbonyl (C=O) groups excluding carboxylic acids is 2. The number of halogens is 1. The van der Waals surface area contributed by atoms with Gasteiger partial charge >= 0.3 is 5.97 Å². The Morgan fingerprint density at radius 1 is 1.05 bits per heavy atom. The molecule has 0 aromatic heterocycles. The van der Waals surface area contributed by atoms with Crippen molar-refractivity contribution in [1.82, 2.24) is 10.9 Å². The molecule has 2 atom stereocenters. The molecule has 0 radical (unpaired) electrons. The summed E-state index contributed by atoms with van der Waals surface area (Å²) in [4.78, 5) is 35.4. The summed E-state index contributed by atoms with van der Waals surface area (Å²) in [5.74, 6) is -3.08. The van der Waals surface area contributed by atoms with Crippen LogP contribution in [-0.2, 0) is 9.59 Å². The molecule has 0 heterocycles. The predicted molar refractivity (Wildman–Crippen MR) is 87.9 cm³/mol. The molecular formula is C15H17IN2O4. The van der Waals surface area contributed by atoms with Crippen LogP contribution in [0.4, 0.5) is 0 Å². The first-order chi connectivity index (χ1) is 10.5. The van der Waals surface area contributed by atoms with Gasteiger partial charge in [-0.25, -0.2) is 0 Å². The van der Waals surface area contributed by atoms with E-state index in [4.69, 9.17) is 0 Å². The summed E-state index contributed by atoms with van der Waals surface area (Å²) in [6.07, 6.45) is 2.67. The zero-order valence-corrected chi connectivity index (χ0v) is 14.0. The maximum absolute atomic E-state index is 12.1. The number of carboxylic acids is 1. The first kappa shape index (κ1) is 16.7. The highest BCUT2D eigenvalue weighted by molar-refractivity contribution is 14.1. The largest absolute Gasteiger partial charge is 0.481 e. The molecule has 0 unspecified atom stereocenters. The van der Waals surface area contributed by atoms with E-state index in [1.54, 1.807) is 18.2 Å². The third-order valence-electron chi connectivity index (χ3n) is 3.84. The molecule has 0 saturated heterocycles. The second-order valence-corrected chi connectivity index (χ2v) is 6.42. The normalized spacial score (nSPS) is 21.0. The molecule has 2 amide bonds. The van der Waals surface area contributed by atoms with E-state index in [2.05, 4.69) is 10.9 Å². The van der Waals surface area contributed by atoms with Crippen molar-refractivity contribution in [2.24, 2.45) is 11.8 Å². The summed E-state index contributed by atoms with van der Waals surface area (Å²) in [6.45, 7) is 0. The number of hydrogen-bond acceptors (Lipinski definition) is 3. The maximum Gasteiger partial charge on any atom is 0.307 e. The number of rotatable bonds is 3. The van der Waals surface area contributed by atoms with Gasteiger partial charge in [-0.2, -0.15) is 0 Å². The lowest BCUT2D eigenvalue weighted by Gasteiger charge is -2.27. The summed E-state index contributed by atoms with van der Waals surface area (Å²) in [5, 5.41) is 9.18. The lowest BCUT2D eigenvalue weighted by Crippen LogP contribution is -2.48. The molecule has 3 N–H and O–H groups in total. The van der Waals surface area contributed by atoms with Gasteiger partial charge in [0, 0.05) is 3.57 Å². The van der Waals surface area contributed by atoms with Crippen LogP contribution in [0.3, 0.4) is 0 Å². The number of carboxylic acid groups (broad SMARTS) is 1. The van der Waals surface area contributed by atoms with Crippen molar-refractivity contribution in [2.75, 3.05) is 0 Å². The van der Waals surface area contributed by atoms with Gasteiger partial charge < -0.3 is 5.11 Å². The van der Waals surface area contributed by atoms with Crippen LogP contribution in [0.15, 0.2) is 24.3 Å². The van der Waals surface area contributed by atoms with Crippen LogP contribution in [0.25, 0.3) is 0 Å². The van der Waals surface area contributed by atoms with Gasteiger partial charge in [0.1, 0.15) is 0 Å². The molecule has 22 heavy (non-hydrogen) atoms. The first-order valence-electron chi connectivity index (χ1n) is 7.08. The summed E-state index contributed by atoms with van der Waals surface area (Å²) >= 11 is 2.04. The van der Waals surface area contributed by atoms with Crippen LogP contribution in [0.5, 0.6) is 0 Å². The molecule has 1 aliphatic rings. The summed E-state index contributed by atoms with van der Waals surface area (Å²) in [7, 11) is 0. The molecule has 6 nitrogen and oxygen atoms in total. The minimum atomic E-state index is -0.955. The molecule has 0 bridgehead atoms. The standard InChI is InChI=1S/C15H17IN2O4/c16-12-8-4-3-7-11(12)14(20)18-17-13(19)9-5-1-2-6-10(9)15(21)22/h3-4,7-10H,1-2,5-6H2,(H,17,19)(H,18,20)(H,21,22)/t9-,10-/m0/s1. The van der Waals surface area contributed by atoms with Gasteiger partial charge in [-0.3, -0.25) is 25.2 Å². The Kier molecular flexibility index (Phi) is 5.76. The van der Waals surface area contributed by atoms with E-state index in [-0.39, 0.29) is 0 Å². The number of benzene rings is 1. The van der Waals surface area contributed by atoms with Crippen LogP contribution >= 0.6 is 22.6 Å². The van der Waals surface area contributed by atoms with Crippen molar-refractivity contribution in [3.63, 3.8) is 0 Å². The van der Waals surface area contributed by atoms with E-state index in [1.807, 2.05) is 28.7 Å². The molecule has 1 aliphatic carbocycles. The Hall–Kier alpha value is -1.64. The molecule has 1 saturated carbocycles. The van der Waals surface area contributed by atoms with Crippen molar-refractivity contribution in [1.29, 1.82) is 0 Å². The van der Waals surface area contributed by atoms with Crippen molar-refractivity contribution in [3.8, 4) is 0 Å². The smallest absolute Gasteiger partial charge is 0.307 e. The Balaban J connectivity index is 1.96. The monoisotopic (exact) mass is 416 g/mol. The SMILES string of the molecule is O=C(NNC(=O)[C@H]1CCCC[C@@H]1C(=O)O)c1ccccc1I. The van der Waals surface area contributed by atoms with Crippen molar-refractivity contribution < 1.29 is 19.5 Å². The Morgan fingerprint density at radius 2 is 1.68 bits per heavy atom. The second kappa shape index (κ2) is 7.57. The van der Waals surface area contributed by atoms with Gasteiger partial charge in [-0.15, -0.1) is 0 Å². The molecular weight excluding hydrogens is 399 g/mol. The van der Waals surface area contributed by atoms with Crippen LogP contribution in [-0.4, -0.2) is 22.9 Å². The lowest BCUT2D eigenvalue weighted by molar-refractivity contribution is -0.149. The number of aliphatic carboxylic acids is 1. The van der Waals surface area contributed by atoms with Gasteiger partial charge in [-0.1, -0.05) is 25.0 Å². The van der Waals surface area contributed by atoms with E-state index in [1.165, 1.54) is 0 Å². The fourth-order valence-corrected chi connectivity index (χ4v) is 3.30. The highest BCUT2D eigenvalue weighted by Crippen LogP contribution is 2.30. The highest BCUT2D eigenvalue weighted by atomic mass is 127. The summed E-state index contributed by atoms with van der Waals surface area (Å²) in [6, 6.07) is 7.00. The number of carbonyl (C=O) groups is 3. The number of amides is 2. The van der Waals surface area contributed by atoms with E-state index < -0.39 is 29.6 Å². The van der Waals surface area contributed by atoms with Gasteiger partial charge in [0.05, 0.1) is 17.4 Å². The first-order valence-corrected chi connectivity index (χ1v) is 8.16. The Morgan fingerprint density at radius 3 is 2.32 bits per heavy atom. The third-order valence-corrected chi connectivity index (χ3v) is 4.78. The maximum atomic E-state index is 12.1. The van der Waals surface area contributed by atoms with Crippen LogP contribution in [0.1, 0.15) is 36.0 Å². The summed E-state index contributed by atoms with van der Waals surface area (Å²) < 4.78 is 0.771. The van der Waals surface area contributed by atoms with E-state index in [0.717, 1.165) is 16.4 Å². The van der Waals surface area contributed by atoms with Gasteiger partial charge in [0.15, 0.2) is 0 Å². The Labute approximate surface area is 141 Å². The number of nitrogens with one attached hydrogen (secondary N) is 2. The lowest BCUT2D eigenvalue weighted by atomic mass is 9.79. The molecule has 2 rings (SSSR count). The van der Waals surface area contributed by atoms with Gasteiger partial charge in [-0.05, 0) is 47.6 Å². The second-order valence-electron chi connectivity index (χ2n) is 5.26. The van der Waals surface area contributed by atoms with E-state index >= 15 is 0 Å². The molecule has 1 fully saturated rings. The zero-order valence-electron chi connectivity index (χ0n) is 11.8. The minimum absolute atomic E-state index is 0.416. The molecule has 7 heteroatoms. The zero-order chi connectivity index (χ0) is 16.1. The average molecular weight is 416 g/mol. The number of hydrazine groups is 1. The fraction of sp³-hybridized carbons (Fsp3) is 0.400. The fourth-order valence-electron chi connectivity index (χ4n) is 2.66. The number of hydrogen-bond donors (Lipinski definition) is 3. The average Bonchev–Trinajstić information content (AvgIpc) is 2.52. The van der Waals surface area contributed by atoms with E-state index in [9.17, 15) is 19.5 Å².